The van der Waals surface area contributed by atoms with E-state index in [1.807, 2.05) is 6.92 Å². The molecule has 0 aliphatic rings. The lowest BCUT2D eigenvalue weighted by Crippen LogP contribution is -2.38. The van der Waals surface area contributed by atoms with Crippen LogP contribution in [0.3, 0.4) is 0 Å². The van der Waals surface area contributed by atoms with E-state index in [4.69, 9.17) is 0 Å². The van der Waals surface area contributed by atoms with Crippen molar-refractivity contribution in [2.75, 3.05) is 7.05 Å². The Morgan fingerprint density at radius 1 is 1.45 bits per heavy atom. The monoisotopic (exact) mass is 308 g/mol. The lowest BCUT2D eigenvalue weighted by atomic mass is 10.3. The zero-order chi connectivity index (χ0) is 14.5. The van der Waals surface area contributed by atoms with Gasteiger partial charge in [-0.1, -0.05) is 6.07 Å². The molecule has 0 saturated heterocycles. The topological polar surface area (TPSA) is 49.3 Å². The van der Waals surface area contributed by atoms with Crippen molar-refractivity contribution in [3.05, 3.63) is 38.0 Å². The summed E-state index contributed by atoms with van der Waals surface area (Å²) >= 11 is 3.48. The molecule has 0 aliphatic heterocycles. The van der Waals surface area contributed by atoms with Gasteiger partial charge in [0.15, 0.2) is 5.96 Å². The highest BCUT2D eigenvalue weighted by Crippen LogP contribution is 2.18. The minimum atomic E-state index is 0.251. The molecule has 20 heavy (non-hydrogen) atoms. The molecule has 0 bridgehead atoms. The van der Waals surface area contributed by atoms with Crippen LogP contribution in [0, 0.1) is 13.8 Å². The van der Waals surface area contributed by atoms with E-state index in [0.717, 1.165) is 16.7 Å². The minimum Gasteiger partial charge on any atom is -0.350 e. The molecule has 4 nitrogen and oxygen atoms in total. The van der Waals surface area contributed by atoms with E-state index >= 15 is 0 Å². The second-order valence-corrected chi connectivity index (χ2v) is 6.82. The number of aromatic nitrogens is 1. The number of thiophene rings is 1. The highest BCUT2D eigenvalue weighted by atomic mass is 32.1. The van der Waals surface area contributed by atoms with Crippen molar-refractivity contribution in [3.8, 4) is 0 Å². The van der Waals surface area contributed by atoms with Crippen LogP contribution in [0.2, 0.25) is 0 Å². The average molecular weight is 308 g/mol. The molecule has 0 amide bonds. The molecule has 0 saturated carbocycles. The summed E-state index contributed by atoms with van der Waals surface area (Å²) in [5, 5.41) is 9.88. The van der Waals surface area contributed by atoms with Gasteiger partial charge in [-0.2, -0.15) is 0 Å². The fourth-order valence-electron chi connectivity index (χ4n) is 1.78. The molecule has 1 atom stereocenters. The van der Waals surface area contributed by atoms with Gasteiger partial charge in [0, 0.05) is 16.8 Å². The highest BCUT2D eigenvalue weighted by Gasteiger charge is 2.09. The fraction of sp³-hybridized carbons (Fsp3) is 0.429. The zero-order valence-corrected chi connectivity index (χ0v) is 13.9. The predicted molar refractivity (Wildman–Crippen MR) is 87.7 cm³/mol. The Hall–Kier alpha value is -1.40. The van der Waals surface area contributed by atoms with Crippen molar-refractivity contribution < 1.29 is 0 Å². The van der Waals surface area contributed by atoms with E-state index in [9.17, 15) is 0 Å². The summed E-state index contributed by atoms with van der Waals surface area (Å²) in [6, 6.07) is 4.44. The van der Waals surface area contributed by atoms with Gasteiger partial charge in [-0.05, 0) is 32.2 Å². The SMILES string of the molecule is CN=C(NCc1nc(C)c(C)s1)NC(C)c1cccs1. The average Bonchev–Trinajstić information content (AvgIpc) is 3.05. The molecule has 2 N–H and O–H groups in total. The molecule has 1 unspecified atom stereocenters. The quantitative estimate of drug-likeness (QED) is 0.673. The van der Waals surface area contributed by atoms with Gasteiger partial charge >= 0.3 is 0 Å². The number of thiazole rings is 1. The Labute approximate surface area is 128 Å². The third kappa shape index (κ3) is 3.80. The van der Waals surface area contributed by atoms with Crippen LogP contribution in [0.4, 0.5) is 0 Å². The van der Waals surface area contributed by atoms with Crippen LogP contribution >= 0.6 is 22.7 Å². The van der Waals surface area contributed by atoms with Gasteiger partial charge in [-0.3, -0.25) is 4.99 Å². The Bertz CT molecular complexity index is 553. The van der Waals surface area contributed by atoms with E-state index in [0.29, 0.717) is 6.54 Å². The van der Waals surface area contributed by atoms with Crippen LogP contribution < -0.4 is 10.6 Å². The summed E-state index contributed by atoms with van der Waals surface area (Å²) in [4.78, 5) is 11.4. The maximum atomic E-state index is 4.52. The first kappa shape index (κ1) is 15.0. The molecule has 2 aromatic heterocycles. The Morgan fingerprint density at radius 2 is 2.25 bits per heavy atom. The molecular weight excluding hydrogens is 288 g/mol. The van der Waals surface area contributed by atoms with Crippen molar-refractivity contribution in [2.24, 2.45) is 4.99 Å². The van der Waals surface area contributed by atoms with E-state index in [1.54, 1.807) is 29.7 Å². The maximum absolute atomic E-state index is 4.52. The predicted octanol–water partition coefficient (Wildman–Crippen LogP) is 3.25. The Morgan fingerprint density at radius 3 is 2.80 bits per heavy atom. The number of nitrogens with zero attached hydrogens (tertiary/aromatic N) is 2. The molecule has 0 radical (unpaired) electrons. The van der Waals surface area contributed by atoms with Gasteiger partial charge in [-0.15, -0.1) is 22.7 Å². The first-order valence-electron chi connectivity index (χ1n) is 6.53. The van der Waals surface area contributed by atoms with Gasteiger partial charge in [0.1, 0.15) is 5.01 Å². The molecule has 0 aliphatic carbocycles. The Balaban J connectivity index is 1.90. The summed E-state index contributed by atoms with van der Waals surface area (Å²) in [7, 11) is 1.79. The van der Waals surface area contributed by atoms with Crippen LogP contribution in [0.5, 0.6) is 0 Å². The van der Waals surface area contributed by atoms with Crippen LogP contribution in [0.1, 0.15) is 33.4 Å². The molecular formula is C14H20N4S2. The maximum Gasteiger partial charge on any atom is 0.191 e. The number of aliphatic imine (C=N–C) groups is 1. The fourth-order valence-corrected chi connectivity index (χ4v) is 3.39. The van der Waals surface area contributed by atoms with E-state index in [1.165, 1.54) is 9.75 Å². The molecule has 0 aromatic carbocycles. The van der Waals surface area contributed by atoms with E-state index in [-0.39, 0.29) is 6.04 Å². The van der Waals surface area contributed by atoms with Gasteiger partial charge in [0.25, 0.3) is 0 Å². The van der Waals surface area contributed by atoms with Crippen molar-refractivity contribution >= 4 is 28.6 Å². The van der Waals surface area contributed by atoms with E-state index in [2.05, 4.69) is 52.0 Å². The number of rotatable bonds is 4. The molecule has 108 valence electrons. The summed E-state index contributed by atoms with van der Waals surface area (Å²) in [5.41, 5.74) is 1.11. The first-order valence-corrected chi connectivity index (χ1v) is 8.23. The number of hydrogen-bond acceptors (Lipinski definition) is 4. The molecule has 2 aromatic rings. The lowest BCUT2D eigenvalue weighted by Gasteiger charge is -2.16. The number of hydrogen-bond donors (Lipinski definition) is 2. The van der Waals surface area contributed by atoms with Crippen molar-refractivity contribution in [1.29, 1.82) is 0 Å². The normalized spacial score (nSPS) is 13.3. The van der Waals surface area contributed by atoms with Crippen LogP contribution in [0.15, 0.2) is 22.5 Å². The highest BCUT2D eigenvalue weighted by molar-refractivity contribution is 7.11. The smallest absolute Gasteiger partial charge is 0.191 e. The van der Waals surface area contributed by atoms with Crippen molar-refractivity contribution in [3.63, 3.8) is 0 Å². The second kappa shape index (κ2) is 6.85. The minimum absolute atomic E-state index is 0.251. The third-order valence-corrected chi connectivity index (χ3v) is 5.15. The van der Waals surface area contributed by atoms with Gasteiger partial charge in [0.2, 0.25) is 0 Å². The molecule has 0 spiro atoms. The number of nitrogens with one attached hydrogen (secondary N) is 2. The molecule has 6 heteroatoms. The van der Waals surface area contributed by atoms with Crippen LogP contribution in [-0.2, 0) is 6.54 Å². The lowest BCUT2D eigenvalue weighted by molar-refractivity contribution is 0.695. The zero-order valence-electron chi connectivity index (χ0n) is 12.2. The van der Waals surface area contributed by atoms with Crippen molar-refractivity contribution in [2.45, 2.75) is 33.4 Å². The van der Waals surface area contributed by atoms with Gasteiger partial charge in [-0.25, -0.2) is 4.98 Å². The van der Waals surface area contributed by atoms with Crippen LogP contribution in [0.25, 0.3) is 0 Å². The van der Waals surface area contributed by atoms with Crippen LogP contribution in [-0.4, -0.2) is 18.0 Å². The largest absolute Gasteiger partial charge is 0.350 e. The Kier molecular flexibility index (Phi) is 5.14. The number of guanidine groups is 1. The van der Waals surface area contributed by atoms with E-state index < -0.39 is 0 Å². The van der Waals surface area contributed by atoms with Gasteiger partial charge in [0.05, 0.1) is 18.3 Å². The van der Waals surface area contributed by atoms with Crippen molar-refractivity contribution in [1.82, 2.24) is 15.6 Å². The molecule has 2 rings (SSSR count). The van der Waals surface area contributed by atoms with Gasteiger partial charge < -0.3 is 10.6 Å². The molecule has 2 heterocycles. The third-order valence-electron chi connectivity index (χ3n) is 3.03. The summed E-state index contributed by atoms with van der Waals surface area (Å²) in [6.07, 6.45) is 0. The summed E-state index contributed by atoms with van der Waals surface area (Å²) in [5.74, 6) is 0.802. The summed E-state index contributed by atoms with van der Waals surface area (Å²) in [6.45, 7) is 6.98. The first-order chi connectivity index (χ1) is 9.60. The standard InChI is InChI=1S/C14H20N4S2/c1-9-11(3)20-13(17-9)8-16-14(15-4)18-10(2)12-6-5-7-19-12/h5-7,10H,8H2,1-4H3,(H2,15,16,18). The summed E-state index contributed by atoms with van der Waals surface area (Å²) < 4.78 is 0. The second-order valence-electron chi connectivity index (χ2n) is 4.56. The molecule has 0 fully saturated rings. The number of aryl methyl sites for hydroxylation is 2.